The molecule has 158 valence electrons. The Morgan fingerprint density at radius 2 is 1.88 bits per heavy atom. The summed E-state index contributed by atoms with van der Waals surface area (Å²) < 4.78 is 6.21. The second-order valence-electron chi connectivity index (χ2n) is 8.11. The standard InChI is InChI=1S/C26H21N3O3/c27-15-18-13-19(29(30)31)14-23-20-10-6-11-21(20)26(28-25(18)23)22-9-4-5-12-24(22)32-16-17-7-2-1-3-8-17/h1-10,12-14,20-21,26,28H,11,16H2/t20-,21+,26-/m1/s1. The molecule has 1 aliphatic carbocycles. The van der Waals surface area contributed by atoms with Crippen molar-refractivity contribution < 1.29 is 9.66 Å². The SMILES string of the molecule is N#Cc1cc([N+](=O)[O-])cc2c1N[C@@H](c1ccccc1OCc1ccccc1)[C@H]1CC=C[C@@H]21. The van der Waals surface area contributed by atoms with E-state index in [0.717, 1.165) is 28.9 Å². The van der Waals surface area contributed by atoms with Crippen LogP contribution >= 0.6 is 0 Å². The minimum absolute atomic E-state index is 0.00503. The summed E-state index contributed by atoms with van der Waals surface area (Å²) in [6, 6.07) is 23.0. The molecule has 0 amide bonds. The Balaban J connectivity index is 1.53. The number of allylic oxidation sites excluding steroid dienone is 2. The molecule has 1 heterocycles. The highest BCUT2D eigenvalue weighted by atomic mass is 16.6. The summed E-state index contributed by atoms with van der Waals surface area (Å²) in [7, 11) is 0. The molecule has 5 rings (SSSR count). The number of fused-ring (bicyclic) bond motifs is 3. The lowest BCUT2D eigenvalue weighted by atomic mass is 9.76. The van der Waals surface area contributed by atoms with Crippen molar-refractivity contribution in [3.8, 4) is 11.8 Å². The molecule has 0 aromatic heterocycles. The maximum absolute atomic E-state index is 11.4. The first-order chi connectivity index (χ1) is 15.7. The average molecular weight is 423 g/mol. The number of benzene rings is 3. The lowest BCUT2D eigenvalue weighted by Gasteiger charge is -2.38. The van der Waals surface area contributed by atoms with Crippen LogP contribution in [0.4, 0.5) is 11.4 Å². The van der Waals surface area contributed by atoms with Crippen LogP contribution in [0, 0.1) is 27.4 Å². The van der Waals surface area contributed by atoms with Gasteiger partial charge >= 0.3 is 0 Å². The minimum atomic E-state index is -0.437. The van der Waals surface area contributed by atoms with E-state index in [4.69, 9.17) is 4.74 Å². The summed E-state index contributed by atoms with van der Waals surface area (Å²) in [6.07, 6.45) is 5.08. The van der Waals surface area contributed by atoms with Crippen molar-refractivity contribution >= 4 is 11.4 Å². The van der Waals surface area contributed by atoms with E-state index in [2.05, 4.69) is 29.6 Å². The van der Waals surface area contributed by atoms with Crippen LogP contribution in [0.2, 0.25) is 0 Å². The zero-order chi connectivity index (χ0) is 22.1. The van der Waals surface area contributed by atoms with Crippen molar-refractivity contribution in [2.24, 2.45) is 5.92 Å². The van der Waals surface area contributed by atoms with Crippen molar-refractivity contribution in [3.63, 3.8) is 0 Å². The van der Waals surface area contributed by atoms with Crippen LogP contribution in [0.25, 0.3) is 0 Å². The van der Waals surface area contributed by atoms with Crippen LogP contribution < -0.4 is 10.1 Å². The van der Waals surface area contributed by atoms with Gasteiger partial charge in [-0.2, -0.15) is 5.26 Å². The van der Waals surface area contributed by atoms with Gasteiger partial charge in [0.25, 0.3) is 5.69 Å². The molecule has 3 atom stereocenters. The van der Waals surface area contributed by atoms with E-state index >= 15 is 0 Å². The first kappa shape index (κ1) is 19.8. The Kier molecular flexibility index (Phi) is 5.08. The number of non-ortho nitro benzene ring substituents is 1. The van der Waals surface area contributed by atoms with E-state index in [1.54, 1.807) is 6.07 Å². The summed E-state index contributed by atoms with van der Waals surface area (Å²) in [6.45, 7) is 0.461. The number of nitriles is 1. The highest BCUT2D eigenvalue weighted by molar-refractivity contribution is 5.71. The molecule has 1 N–H and O–H groups in total. The number of nitro benzene ring substituents is 1. The number of nitrogens with zero attached hydrogens (tertiary/aromatic N) is 2. The number of anilines is 1. The Bertz CT molecular complexity index is 1250. The summed E-state index contributed by atoms with van der Waals surface area (Å²) in [5, 5.41) is 24.7. The summed E-state index contributed by atoms with van der Waals surface area (Å²) >= 11 is 0. The fraction of sp³-hybridized carbons (Fsp3) is 0.192. The van der Waals surface area contributed by atoms with Crippen LogP contribution in [0.3, 0.4) is 0 Å². The van der Waals surface area contributed by atoms with Crippen LogP contribution in [-0.4, -0.2) is 4.92 Å². The van der Waals surface area contributed by atoms with Gasteiger partial charge in [0.15, 0.2) is 0 Å². The van der Waals surface area contributed by atoms with E-state index in [0.29, 0.717) is 17.9 Å². The minimum Gasteiger partial charge on any atom is -0.489 e. The number of hydrogen-bond donors (Lipinski definition) is 1. The number of rotatable bonds is 5. The van der Waals surface area contributed by atoms with Gasteiger partial charge in [-0.15, -0.1) is 0 Å². The molecule has 2 aliphatic rings. The monoisotopic (exact) mass is 423 g/mol. The van der Waals surface area contributed by atoms with Gasteiger partial charge in [0.1, 0.15) is 18.4 Å². The third kappa shape index (κ3) is 3.48. The van der Waals surface area contributed by atoms with Crippen molar-refractivity contribution in [1.29, 1.82) is 5.26 Å². The zero-order valence-corrected chi connectivity index (χ0v) is 17.3. The number of ether oxygens (including phenoxy) is 1. The first-order valence-electron chi connectivity index (χ1n) is 10.6. The van der Waals surface area contributed by atoms with Gasteiger partial charge in [0.2, 0.25) is 0 Å². The first-order valence-corrected chi connectivity index (χ1v) is 10.6. The number of nitro groups is 1. The molecule has 1 aliphatic heterocycles. The molecule has 32 heavy (non-hydrogen) atoms. The maximum atomic E-state index is 11.4. The lowest BCUT2D eigenvalue weighted by Crippen LogP contribution is -2.30. The molecule has 0 unspecified atom stereocenters. The molecule has 0 radical (unpaired) electrons. The molecule has 6 nitrogen and oxygen atoms in total. The van der Waals surface area contributed by atoms with Gasteiger partial charge in [0, 0.05) is 23.6 Å². The fourth-order valence-electron chi connectivity index (χ4n) is 4.79. The average Bonchev–Trinajstić information content (AvgIpc) is 3.33. The second-order valence-corrected chi connectivity index (χ2v) is 8.11. The van der Waals surface area contributed by atoms with E-state index in [1.165, 1.54) is 6.07 Å². The molecule has 3 aromatic rings. The Morgan fingerprint density at radius 3 is 2.66 bits per heavy atom. The highest BCUT2D eigenvalue weighted by Crippen LogP contribution is 2.52. The van der Waals surface area contributed by atoms with Crippen LogP contribution in [0.5, 0.6) is 5.75 Å². The van der Waals surface area contributed by atoms with Crippen LogP contribution in [0.15, 0.2) is 78.9 Å². The predicted octanol–water partition coefficient (Wildman–Crippen LogP) is 5.87. The second kappa shape index (κ2) is 8.20. The molecule has 0 saturated heterocycles. The van der Waals surface area contributed by atoms with E-state index in [1.807, 2.05) is 48.5 Å². The normalized spacial score (nSPS) is 20.5. The Morgan fingerprint density at radius 1 is 1.09 bits per heavy atom. The third-order valence-corrected chi connectivity index (χ3v) is 6.28. The summed E-state index contributed by atoms with van der Waals surface area (Å²) in [4.78, 5) is 11.0. The molecular weight excluding hydrogens is 402 g/mol. The molecule has 0 saturated carbocycles. The summed E-state index contributed by atoms with van der Waals surface area (Å²) in [5.41, 5.74) is 3.84. The van der Waals surface area contributed by atoms with Crippen molar-refractivity contribution in [3.05, 3.63) is 111 Å². The quantitative estimate of drug-likeness (QED) is 0.315. The van der Waals surface area contributed by atoms with Crippen molar-refractivity contribution in [2.75, 3.05) is 5.32 Å². The zero-order valence-electron chi connectivity index (χ0n) is 17.3. The topological polar surface area (TPSA) is 88.2 Å². The lowest BCUT2D eigenvalue weighted by molar-refractivity contribution is -0.384. The molecule has 3 aromatic carbocycles. The van der Waals surface area contributed by atoms with E-state index in [-0.39, 0.29) is 23.6 Å². The molecule has 6 heteroatoms. The smallest absolute Gasteiger partial charge is 0.271 e. The van der Waals surface area contributed by atoms with Crippen LogP contribution in [0.1, 0.15) is 40.6 Å². The van der Waals surface area contributed by atoms with Crippen molar-refractivity contribution in [2.45, 2.75) is 25.0 Å². The van der Waals surface area contributed by atoms with Gasteiger partial charge < -0.3 is 10.1 Å². The van der Waals surface area contributed by atoms with E-state index < -0.39 is 4.92 Å². The predicted molar refractivity (Wildman–Crippen MR) is 121 cm³/mol. The molecule has 0 bridgehead atoms. The summed E-state index contributed by atoms with van der Waals surface area (Å²) in [5.74, 6) is 0.978. The highest BCUT2D eigenvalue weighted by Gasteiger charge is 2.40. The van der Waals surface area contributed by atoms with Gasteiger partial charge in [0.05, 0.1) is 22.2 Å². The Labute approximate surface area is 185 Å². The maximum Gasteiger partial charge on any atom is 0.271 e. The van der Waals surface area contributed by atoms with Gasteiger partial charge in [-0.1, -0.05) is 60.7 Å². The van der Waals surface area contributed by atoms with Crippen LogP contribution in [-0.2, 0) is 6.61 Å². The number of hydrogen-bond acceptors (Lipinski definition) is 5. The van der Waals surface area contributed by atoms with Gasteiger partial charge in [-0.05, 0) is 29.5 Å². The molecule has 0 spiro atoms. The number of nitrogens with one attached hydrogen (secondary N) is 1. The third-order valence-electron chi connectivity index (χ3n) is 6.28. The molecular formula is C26H21N3O3. The van der Waals surface area contributed by atoms with Crippen molar-refractivity contribution in [1.82, 2.24) is 0 Å². The van der Waals surface area contributed by atoms with Gasteiger partial charge in [-0.25, -0.2) is 0 Å². The molecule has 0 fully saturated rings. The fourth-order valence-corrected chi connectivity index (χ4v) is 4.79. The Hall–Kier alpha value is -4.11. The van der Waals surface area contributed by atoms with Gasteiger partial charge in [-0.3, -0.25) is 10.1 Å². The number of para-hydroxylation sites is 1. The largest absolute Gasteiger partial charge is 0.489 e. The van der Waals surface area contributed by atoms with E-state index in [9.17, 15) is 15.4 Å².